The van der Waals surface area contributed by atoms with Crippen LogP contribution in [0.5, 0.6) is 5.75 Å². The number of ether oxygens (including phenoxy) is 2. The number of hydrogen-bond donors (Lipinski definition) is 1. The molecule has 0 aliphatic rings. The Bertz CT molecular complexity index is 475. The van der Waals surface area contributed by atoms with Gasteiger partial charge >= 0.3 is 5.97 Å². The Morgan fingerprint density at radius 3 is 2.32 bits per heavy atom. The molecule has 0 bridgehead atoms. The third-order valence-corrected chi connectivity index (χ3v) is 2.27. The molecular formula is C14H17NO4. The van der Waals surface area contributed by atoms with Crippen LogP contribution in [0.25, 0.3) is 0 Å². The molecule has 19 heavy (non-hydrogen) atoms. The van der Waals surface area contributed by atoms with Gasteiger partial charge in [-0.15, -0.1) is 0 Å². The first-order valence-corrected chi connectivity index (χ1v) is 5.78. The third-order valence-electron chi connectivity index (χ3n) is 2.27. The summed E-state index contributed by atoms with van der Waals surface area (Å²) in [5.74, 6) is -0.395. The number of carbonyl (C=O) groups excluding carboxylic acids is 2. The third kappa shape index (κ3) is 4.83. The lowest BCUT2D eigenvalue weighted by molar-refractivity contribution is -0.138. The van der Waals surface area contributed by atoms with Crippen LogP contribution in [0.15, 0.2) is 41.6 Å². The summed E-state index contributed by atoms with van der Waals surface area (Å²) in [6, 6.07) is 8.96. The van der Waals surface area contributed by atoms with Crippen molar-refractivity contribution < 1.29 is 19.1 Å². The molecule has 0 saturated heterocycles. The van der Waals surface area contributed by atoms with Crippen molar-refractivity contribution in [1.82, 2.24) is 5.32 Å². The van der Waals surface area contributed by atoms with E-state index < -0.39 is 11.9 Å². The first-order chi connectivity index (χ1) is 9.04. The predicted octanol–water partition coefficient (Wildman–Crippen LogP) is 1.65. The van der Waals surface area contributed by atoms with Crippen molar-refractivity contribution in [1.29, 1.82) is 0 Å². The lowest BCUT2D eigenvalue weighted by Gasteiger charge is -2.10. The second kappa shape index (κ2) is 7.20. The van der Waals surface area contributed by atoms with Crippen LogP contribution < -0.4 is 10.1 Å². The van der Waals surface area contributed by atoms with Crippen LogP contribution in [0.2, 0.25) is 0 Å². The summed E-state index contributed by atoms with van der Waals surface area (Å²) in [6.07, 6.45) is 0. The van der Waals surface area contributed by atoms with Gasteiger partial charge in [0.15, 0.2) is 6.61 Å². The van der Waals surface area contributed by atoms with Crippen molar-refractivity contribution >= 4 is 11.9 Å². The molecule has 0 saturated carbocycles. The molecule has 1 aromatic rings. The van der Waals surface area contributed by atoms with Crippen molar-refractivity contribution in [2.45, 2.75) is 13.8 Å². The van der Waals surface area contributed by atoms with Crippen molar-refractivity contribution in [2.24, 2.45) is 0 Å². The number of amides is 1. The molecule has 102 valence electrons. The Kier molecular flexibility index (Phi) is 5.60. The molecule has 0 spiro atoms. The number of benzene rings is 1. The highest BCUT2D eigenvalue weighted by Gasteiger charge is 2.15. The van der Waals surface area contributed by atoms with Gasteiger partial charge in [0, 0.05) is 0 Å². The smallest absolute Gasteiger partial charge is 0.354 e. The quantitative estimate of drug-likeness (QED) is 0.648. The highest BCUT2D eigenvalue weighted by molar-refractivity contribution is 5.94. The summed E-state index contributed by atoms with van der Waals surface area (Å²) in [6.45, 7) is 3.26. The molecule has 5 nitrogen and oxygen atoms in total. The zero-order chi connectivity index (χ0) is 14.3. The van der Waals surface area contributed by atoms with Crippen LogP contribution in [0, 0.1) is 0 Å². The van der Waals surface area contributed by atoms with Gasteiger partial charge < -0.3 is 14.8 Å². The number of para-hydroxylation sites is 1. The Morgan fingerprint density at radius 1 is 1.16 bits per heavy atom. The van der Waals surface area contributed by atoms with Crippen LogP contribution in [-0.4, -0.2) is 25.6 Å². The van der Waals surface area contributed by atoms with Crippen molar-refractivity contribution in [3.63, 3.8) is 0 Å². The lowest BCUT2D eigenvalue weighted by atomic mass is 10.2. The monoisotopic (exact) mass is 263 g/mol. The standard InChI is InChI=1S/C14H17NO4/c1-10(2)13(14(17)18-3)15-12(16)9-19-11-7-5-4-6-8-11/h4-8H,9H2,1-3H3,(H,15,16). The summed E-state index contributed by atoms with van der Waals surface area (Å²) in [5.41, 5.74) is 0.809. The SMILES string of the molecule is COC(=O)C(NC(=O)COc1ccccc1)=C(C)C. The van der Waals surface area contributed by atoms with Gasteiger partial charge in [-0.25, -0.2) is 4.79 Å². The van der Waals surface area contributed by atoms with Gasteiger partial charge in [-0.2, -0.15) is 0 Å². The molecule has 0 fully saturated rings. The highest BCUT2D eigenvalue weighted by Crippen LogP contribution is 2.08. The molecule has 0 atom stereocenters. The second-order valence-corrected chi connectivity index (χ2v) is 4.02. The van der Waals surface area contributed by atoms with E-state index in [0.29, 0.717) is 11.3 Å². The fourth-order valence-electron chi connectivity index (χ4n) is 1.32. The Hall–Kier alpha value is -2.30. The summed E-state index contributed by atoms with van der Waals surface area (Å²) in [5, 5.41) is 2.48. The van der Waals surface area contributed by atoms with Gasteiger partial charge in [0.2, 0.25) is 0 Å². The Balaban J connectivity index is 2.55. The van der Waals surface area contributed by atoms with E-state index in [1.807, 2.05) is 18.2 Å². The lowest BCUT2D eigenvalue weighted by Crippen LogP contribution is -2.32. The van der Waals surface area contributed by atoms with Gasteiger partial charge in [-0.05, 0) is 31.6 Å². The first-order valence-electron chi connectivity index (χ1n) is 5.78. The molecule has 0 unspecified atom stereocenters. The Morgan fingerprint density at radius 2 is 1.79 bits per heavy atom. The van der Waals surface area contributed by atoms with Gasteiger partial charge in [0.05, 0.1) is 7.11 Å². The average Bonchev–Trinajstić information content (AvgIpc) is 2.42. The molecule has 1 aromatic carbocycles. The van der Waals surface area contributed by atoms with E-state index in [9.17, 15) is 9.59 Å². The van der Waals surface area contributed by atoms with Gasteiger partial charge in [-0.1, -0.05) is 18.2 Å². The highest BCUT2D eigenvalue weighted by atomic mass is 16.5. The predicted molar refractivity (Wildman–Crippen MR) is 70.5 cm³/mol. The van der Waals surface area contributed by atoms with Crippen LogP contribution in [0.1, 0.15) is 13.8 Å². The molecule has 1 rings (SSSR count). The first kappa shape index (κ1) is 14.8. The van der Waals surface area contributed by atoms with Crippen LogP contribution in [0.4, 0.5) is 0 Å². The topological polar surface area (TPSA) is 64.6 Å². The molecule has 0 heterocycles. The summed E-state index contributed by atoms with van der Waals surface area (Å²) in [4.78, 5) is 23.1. The van der Waals surface area contributed by atoms with Crippen LogP contribution >= 0.6 is 0 Å². The van der Waals surface area contributed by atoms with Gasteiger partial charge in [0.1, 0.15) is 11.4 Å². The Labute approximate surface area is 112 Å². The molecule has 5 heteroatoms. The molecule has 0 aliphatic carbocycles. The number of methoxy groups -OCH3 is 1. The maximum Gasteiger partial charge on any atom is 0.354 e. The number of allylic oxidation sites excluding steroid dienone is 1. The van der Waals surface area contributed by atoms with E-state index in [-0.39, 0.29) is 12.3 Å². The van der Waals surface area contributed by atoms with Crippen LogP contribution in [0.3, 0.4) is 0 Å². The minimum Gasteiger partial charge on any atom is -0.484 e. The zero-order valence-corrected chi connectivity index (χ0v) is 11.2. The largest absolute Gasteiger partial charge is 0.484 e. The normalized spacial score (nSPS) is 9.42. The molecule has 1 amide bonds. The van der Waals surface area contributed by atoms with E-state index in [2.05, 4.69) is 10.1 Å². The van der Waals surface area contributed by atoms with E-state index in [1.54, 1.807) is 26.0 Å². The molecule has 1 N–H and O–H groups in total. The maximum atomic E-state index is 11.7. The fraction of sp³-hybridized carbons (Fsp3) is 0.286. The van der Waals surface area contributed by atoms with E-state index in [1.165, 1.54) is 7.11 Å². The summed E-state index contributed by atoms with van der Waals surface area (Å²) in [7, 11) is 1.26. The summed E-state index contributed by atoms with van der Waals surface area (Å²) >= 11 is 0. The van der Waals surface area contributed by atoms with Gasteiger partial charge in [-0.3, -0.25) is 4.79 Å². The number of nitrogens with one attached hydrogen (secondary N) is 1. The number of rotatable bonds is 5. The summed E-state index contributed by atoms with van der Waals surface area (Å²) < 4.78 is 9.86. The van der Waals surface area contributed by atoms with E-state index >= 15 is 0 Å². The average molecular weight is 263 g/mol. The molecular weight excluding hydrogens is 246 g/mol. The molecule has 0 aromatic heterocycles. The zero-order valence-electron chi connectivity index (χ0n) is 11.2. The molecule has 0 aliphatic heterocycles. The molecule has 0 radical (unpaired) electrons. The number of esters is 1. The number of carbonyl (C=O) groups is 2. The number of hydrogen-bond acceptors (Lipinski definition) is 4. The van der Waals surface area contributed by atoms with Gasteiger partial charge in [0.25, 0.3) is 5.91 Å². The van der Waals surface area contributed by atoms with Crippen molar-refractivity contribution in [2.75, 3.05) is 13.7 Å². The van der Waals surface area contributed by atoms with Crippen molar-refractivity contribution in [3.05, 3.63) is 41.6 Å². The van der Waals surface area contributed by atoms with Crippen molar-refractivity contribution in [3.8, 4) is 5.75 Å². The minimum absolute atomic E-state index is 0.143. The van der Waals surface area contributed by atoms with E-state index in [4.69, 9.17) is 4.74 Å². The minimum atomic E-state index is -0.576. The second-order valence-electron chi connectivity index (χ2n) is 4.02. The van der Waals surface area contributed by atoms with Crippen LogP contribution in [-0.2, 0) is 14.3 Å². The fourth-order valence-corrected chi connectivity index (χ4v) is 1.32. The maximum absolute atomic E-state index is 11.7. The van der Waals surface area contributed by atoms with E-state index in [0.717, 1.165) is 0 Å².